The lowest BCUT2D eigenvalue weighted by Crippen LogP contribution is -2.13. The molecule has 0 aliphatic carbocycles. The van der Waals surface area contributed by atoms with Crippen LogP contribution in [0.3, 0.4) is 0 Å². The van der Waals surface area contributed by atoms with Crippen LogP contribution in [-0.2, 0) is 0 Å². The first-order valence-electron chi connectivity index (χ1n) is 4.85. The standard InChI is InChI=1S/C11H15I2NO/c1-6(2)3-10(14)8-4-7(12)5-9(13)11(8)15/h4-6,10,15H,3,14H2,1-2H3/t10-/m0/s1. The molecule has 0 aliphatic rings. The molecule has 1 aromatic carbocycles. The number of phenols is 1. The third-order valence-corrected chi connectivity index (χ3v) is 3.63. The molecule has 4 heteroatoms. The van der Waals surface area contributed by atoms with E-state index >= 15 is 0 Å². The fourth-order valence-corrected chi connectivity index (χ4v) is 3.39. The molecular formula is C11H15I2NO. The quantitative estimate of drug-likeness (QED) is 0.719. The highest BCUT2D eigenvalue weighted by Crippen LogP contribution is 2.32. The Labute approximate surface area is 118 Å². The molecule has 0 aliphatic heterocycles. The Bertz CT molecular complexity index is 353. The molecule has 0 saturated carbocycles. The van der Waals surface area contributed by atoms with Crippen LogP contribution < -0.4 is 5.73 Å². The van der Waals surface area contributed by atoms with Gasteiger partial charge in [0.1, 0.15) is 5.75 Å². The molecule has 0 heterocycles. The van der Waals surface area contributed by atoms with Gasteiger partial charge in [-0.05, 0) is 69.7 Å². The summed E-state index contributed by atoms with van der Waals surface area (Å²) in [6.45, 7) is 4.27. The molecule has 0 bridgehead atoms. The zero-order valence-electron chi connectivity index (χ0n) is 8.80. The third-order valence-electron chi connectivity index (χ3n) is 2.18. The second kappa shape index (κ2) is 5.67. The summed E-state index contributed by atoms with van der Waals surface area (Å²) >= 11 is 4.38. The Balaban J connectivity index is 3.02. The van der Waals surface area contributed by atoms with Crippen LogP contribution in [-0.4, -0.2) is 5.11 Å². The van der Waals surface area contributed by atoms with Gasteiger partial charge in [-0.3, -0.25) is 0 Å². The van der Waals surface area contributed by atoms with Crippen molar-refractivity contribution >= 4 is 45.2 Å². The first kappa shape index (κ1) is 13.5. The van der Waals surface area contributed by atoms with Gasteiger partial charge in [0.15, 0.2) is 0 Å². The molecule has 1 rings (SSSR count). The molecule has 0 aromatic heterocycles. The maximum absolute atomic E-state index is 9.91. The van der Waals surface area contributed by atoms with Crippen molar-refractivity contribution in [1.82, 2.24) is 0 Å². The molecule has 15 heavy (non-hydrogen) atoms. The molecule has 0 amide bonds. The normalized spacial score (nSPS) is 13.2. The molecule has 0 unspecified atom stereocenters. The number of hydrogen-bond donors (Lipinski definition) is 2. The van der Waals surface area contributed by atoms with Crippen molar-refractivity contribution in [2.45, 2.75) is 26.3 Å². The summed E-state index contributed by atoms with van der Waals surface area (Å²) in [6.07, 6.45) is 0.893. The smallest absolute Gasteiger partial charge is 0.133 e. The molecule has 84 valence electrons. The van der Waals surface area contributed by atoms with Gasteiger partial charge in [-0.25, -0.2) is 0 Å². The Morgan fingerprint density at radius 2 is 1.93 bits per heavy atom. The number of nitrogens with two attached hydrogens (primary N) is 1. The highest BCUT2D eigenvalue weighted by atomic mass is 127. The molecule has 1 aromatic rings. The van der Waals surface area contributed by atoms with Gasteiger partial charge < -0.3 is 10.8 Å². The zero-order chi connectivity index (χ0) is 11.6. The van der Waals surface area contributed by atoms with Crippen LogP contribution in [0.25, 0.3) is 0 Å². The zero-order valence-corrected chi connectivity index (χ0v) is 13.1. The summed E-state index contributed by atoms with van der Waals surface area (Å²) in [5.74, 6) is 0.874. The van der Waals surface area contributed by atoms with E-state index in [9.17, 15) is 5.11 Å². The van der Waals surface area contributed by atoms with E-state index in [4.69, 9.17) is 5.73 Å². The lowest BCUT2D eigenvalue weighted by Gasteiger charge is -2.17. The molecule has 1 atom stereocenters. The van der Waals surface area contributed by atoms with Gasteiger partial charge in [0.25, 0.3) is 0 Å². The van der Waals surface area contributed by atoms with Crippen molar-refractivity contribution in [2.75, 3.05) is 0 Å². The highest BCUT2D eigenvalue weighted by molar-refractivity contribution is 14.1. The Morgan fingerprint density at radius 1 is 1.33 bits per heavy atom. The van der Waals surface area contributed by atoms with Gasteiger partial charge in [-0.1, -0.05) is 13.8 Å². The third kappa shape index (κ3) is 3.74. The summed E-state index contributed by atoms with van der Waals surface area (Å²) in [7, 11) is 0. The van der Waals surface area contributed by atoms with Crippen molar-refractivity contribution in [3.05, 3.63) is 24.8 Å². The van der Waals surface area contributed by atoms with E-state index in [0.717, 1.165) is 19.1 Å². The average Bonchev–Trinajstić information content (AvgIpc) is 2.09. The van der Waals surface area contributed by atoms with E-state index in [1.807, 2.05) is 12.1 Å². The van der Waals surface area contributed by atoms with Crippen LogP contribution >= 0.6 is 45.2 Å². The van der Waals surface area contributed by atoms with Crippen LogP contribution in [0, 0.1) is 13.1 Å². The summed E-state index contributed by atoms with van der Waals surface area (Å²) in [5.41, 5.74) is 6.93. The lowest BCUT2D eigenvalue weighted by atomic mass is 9.97. The maximum Gasteiger partial charge on any atom is 0.133 e. The fraction of sp³-hybridized carbons (Fsp3) is 0.455. The van der Waals surface area contributed by atoms with Crippen molar-refractivity contribution in [1.29, 1.82) is 0 Å². The Morgan fingerprint density at radius 3 is 2.47 bits per heavy atom. The maximum atomic E-state index is 9.91. The van der Waals surface area contributed by atoms with E-state index in [1.54, 1.807) is 0 Å². The minimum atomic E-state index is -0.0757. The SMILES string of the molecule is CC(C)C[C@H](N)c1cc(I)cc(I)c1O. The predicted molar refractivity (Wildman–Crippen MR) is 79.9 cm³/mol. The van der Waals surface area contributed by atoms with Gasteiger partial charge in [-0.15, -0.1) is 0 Å². The Kier molecular flexibility index (Phi) is 5.11. The molecule has 0 radical (unpaired) electrons. The molecule has 0 spiro atoms. The predicted octanol–water partition coefficient (Wildman–Crippen LogP) is 3.65. The molecular weight excluding hydrogens is 416 g/mol. The van der Waals surface area contributed by atoms with E-state index in [2.05, 4.69) is 59.0 Å². The minimum Gasteiger partial charge on any atom is -0.506 e. The number of hydrogen-bond acceptors (Lipinski definition) is 2. The monoisotopic (exact) mass is 431 g/mol. The summed E-state index contributed by atoms with van der Waals surface area (Å²) in [6, 6.07) is 3.83. The Hall–Kier alpha value is 0.440. The van der Waals surface area contributed by atoms with E-state index < -0.39 is 0 Å². The van der Waals surface area contributed by atoms with Gasteiger partial charge in [0.2, 0.25) is 0 Å². The first-order chi connectivity index (χ1) is 6.91. The summed E-state index contributed by atoms with van der Waals surface area (Å²) in [4.78, 5) is 0. The molecule has 2 nitrogen and oxygen atoms in total. The van der Waals surface area contributed by atoms with Gasteiger partial charge in [0, 0.05) is 15.2 Å². The van der Waals surface area contributed by atoms with Crippen molar-refractivity contribution in [3.8, 4) is 5.75 Å². The molecule has 0 fully saturated rings. The van der Waals surface area contributed by atoms with Crippen LogP contribution in [0.15, 0.2) is 12.1 Å². The second-order valence-electron chi connectivity index (χ2n) is 4.06. The average molecular weight is 431 g/mol. The number of benzene rings is 1. The van der Waals surface area contributed by atoms with Crippen molar-refractivity contribution < 1.29 is 5.11 Å². The van der Waals surface area contributed by atoms with Crippen LogP contribution in [0.2, 0.25) is 0 Å². The number of halogens is 2. The van der Waals surface area contributed by atoms with Gasteiger partial charge in [0.05, 0.1) is 3.57 Å². The number of phenolic OH excluding ortho intramolecular Hbond substituents is 1. The number of aromatic hydroxyl groups is 1. The van der Waals surface area contributed by atoms with Crippen LogP contribution in [0.5, 0.6) is 5.75 Å². The van der Waals surface area contributed by atoms with Gasteiger partial charge >= 0.3 is 0 Å². The fourth-order valence-electron chi connectivity index (χ4n) is 1.50. The van der Waals surface area contributed by atoms with E-state index in [-0.39, 0.29) is 6.04 Å². The summed E-state index contributed by atoms with van der Waals surface area (Å²) in [5, 5.41) is 9.91. The highest BCUT2D eigenvalue weighted by Gasteiger charge is 2.15. The van der Waals surface area contributed by atoms with Crippen molar-refractivity contribution in [3.63, 3.8) is 0 Å². The molecule has 3 N–H and O–H groups in total. The van der Waals surface area contributed by atoms with Crippen molar-refractivity contribution in [2.24, 2.45) is 11.7 Å². The minimum absolute atomic E-state index is 0.0757. The number of rotatable bonds is 3. The largest absolute Gasteiger partial charge is 0.506 e. The van der Waals surface area contributed by atoms with Gasteiger partial charge in [-0.2, -0.15) is 0 Å². The van der Waals surface area contributed by atoms with E-state index in [0.29, 0.717) is 11.7 Å². The second-order valence-corrected chi connectivity index (χ2v) is 6.47. The molecule has 0 saturated heterocycles. The lowest BCUT2D eigenvalue weighted by molar-refractivity contribution is 0.442. The van der Waals surface area contributed by atoms with E-state index in [1.165, 1.54) is 0 Å². The first-order valence-corrected chi connectivity index (χ1v) is 7.01. The topological polar surface area (TPSA) is 46.2 Å². The summed E-state index contributed by atoms with van der Waals surface area (Å²) < 4.78 is 1.98. The van der Waals surface area contributed by atoms with Crippen LogP contribution in [0.1, 0.15) is 31.9 Å². The van der Waals surface area contributed by atoms with Crippen LogP contribution in [0.4, 0.5) is 0 Å².